The molecule has 1 rings (SSSR count). The first-order chi connectivity index (χ1) is 6.66. The van der Waals surface area contributed by atoms with Gasteiger partial charge in [-0.25, -0.2) is 0 Å². The van der Waals surface area contributed by atoms with E-state index < -0.39 is 6.04 Å². The van der Waals surface area contributed by atoms with Crippen LogP contribution in [0.1, 0.15) is 12.8 Å². The molecule has 4 nitrogen and oxygen atoms in total. The lowest BCUT2D eigenvalue weighted by Crippen LogP contribution is -2.46. The van der Waals surface area contributed by atoms with Crippen LogP contribution in [0.15, 0.2) is 0 Å². The fourth-order valence-corrected chi connectivity index (χ4v) is 1.48. The van der Waals surface area contributed by atoms with Gasteiger partial charge in [-0.1, -0.05) is 0 Å². The van der Waals surface area contributed by atoms with Crippen LogP contribution in [0.2, 0.25) is 0 Å². The van der Waals surface area contributed by atoms with Crippen molar-refractivity contribution in [3.63, 3.8) is 0 Å². The van der Waals surface area contributed by atoms with E-state index in [1.807, 2.05) is 0 Å². The number of nitrogens with zero attached hydrogens (tertiary/aromatic N) is 1. The van der Waals surface area contributed by atoms with E-state index in [0.717, 1.165) is 6.42 Å². The van der Waals surface area contributed by atoms with E-state index in [9.17, 15) is 4.79 Å². The minimum absolute atomic E-state index is 0.0987. The summed E-state index contributed by atoms with van der Waals surface area (Å²) in [5, 5.41) is 0. The number of amides is 1. The van der Waals surface area contributed by atoms with Crippen LogP contribution in [0.5, 0.6) is 0 Å². The molecule has 1 aliphatic rings. The van der Waals surface area contributed by atoms with Crippen LogP contribution in [0.25, 0.3) is 0 Å². The van der Waals surface area contributed by atoms with Crippen LogP contribution in [-0.2, 0) is 9.53 Å². The molecule has 14 heavy (non-hydrogen) atoms. The molecular formula is C10H16N2O2. The number of likely N-dealkylation sites (N-methyl/N-ethyl adjacent to an activating group) is 1. The van der Waals surface area contributed by atoms with Gasteiger partial charge in [0.05, 0.1) is 18.7 Å². The van der Waals surface area contributed by atoms with E-state index in [2.05, 4.69) is 5.92 Å². The normalized spacial score (nSPS) is 22.8. The SMILES string of the molecule is C#CCC(N)C(=O)N(C)C1CCOC1. The van der Waals surface area contributed by atoms with Gasteiger partial charge >= 0.3 is 0 Å². The first-order valence-electron chi connectivity index (χ1n) is 4.70. The first kappa shape index (κ1) is 11.0. The lowest BCUT2D eigenvalue weighted by atomic mass is 10.1. The van der Waals surface area contributed by atoms with Gasteiger partial charge in [-0.2, -0.15) is 0 Å². The fourth-order valence-electron chi connectivity index (χ4n) is 1.48. The lowest BCUT2D eigenvalue weighted by molar-refractivity contribution is -0.133. The highest BCUT2D eigenvalue weighted by Gasteiger charge is 2.26. The van der Waals surface area contributed by atoms with Gasteiger partial charge in [-0.15, -0.1) is 12.3 Å². The molecule has 1 saturated heterocycles. The maximum atomic E-state index is 11.7. The summed E-state index contributed by atoms with van der Waals surface area (Å²) in [6, 6.07) is -0.420. The highest BCUT2D eigenvalue weighted by molar-refractivity contribution is 5.82. The van der Waals surface area contributed by atoms with E-state index >= 15 is 0 Å². The summed E-state index contributed by atoms with van der Waals surface area (Å²) in [6.07, 6.45) is 6.26. The molecule has 1 amide bonds. The molecule has 4 heteroatoms. The molecule has 0 spiro atoms. The van der Waals surface area contributed by atoms with E-state index in [1.165, 1.54) is 0 Å². The zero-order valence-electron chi connectivity index (χ0n) is 8.40. The molecule has 1 fully saturated rings. The lowest BCUT2D eigenvalue weighted by Gasteiger charge is -2.25. The van der Waals surface area contributed by atoms with Crippen LogP contribution in [0.4, 0.5) is 0 Å². The summed E-state index contributed by atoms with van der Waals surface area (Å²) >= 11 is 0. The van der Waals surface area contributed by atoms with E-state index in [-0.39, 0.29) is 18.4 Å². The number of carbonyl (C=O) groups is 1. The smallest absolute Gasteiger partial charge is 0.240 e. The second-order valence-corrected chi connectivity index (χ2v) is 3.48. The molecule has 2 atom stereocenters. The second kappa shape index (κ2) is 4.99. The van der Waals surface area contributed by atoms with Crippen molar-refractivity contribution in [2.24, 2.45) is 5.73 Å². The summed E-state index contributed by atoms with van der Waals surface area (Å²) in [5.74, 6) is 2.29. The van der Waals surface area contributed by atoms with Gasteiger partial charge in [0, 0.05) is 20.1 Å². The zero-order chi connectivity index (χ0) is 10.6. The summed E-state index contributed by atoms with van der Waals surface area (Å²) < 4.78 is 5.19. The Labute approximate surface area is 84.4 Å². The third-order valence-electron chi connectivity index (χ3n) is 2.46. The zero-order valence-corrected chi connectivity index (χ0v) is 8.40. The number of carbonyl (C=O) groups excluding carboxylic acids is 1. The molecular weight excluding hydrogens is 180 g/mol. The standard InChI is InChI=1S/C10H16N2O2/c1-3-4-9(11)10(13)12(2)8-5-6-14-7-8/h1,8-9H,4-7,11H2,2H3. The summed E-state index contributed by atoms with van der Waals surface area (Å²) in [5.41, 5.74) is 5.62. The van der Waals surface area contributed by atoms with Gasteiger partial charge in [-0.05, 0) is 6.42 Å². The minimum atomic E-state index is -0.578. The highest BCUT2D eigenvalue weighted by atomic mass is 16.5. The maximum absolute atomic E-state index is 11.7. The average Bonchev–Trinajstić information content (AvgIpc) is 2.68. The maximum Gasteiger partial charge on any atom is 0.240 e. The Hall–Kier alpha value is -1.05. The molecule has 2 N–H and O–H groups in total. The molecule has 0 saturated carbocycles. The van der Waals surface area contributed by atoms with Crippen molar-refractivity contribution in [2.75, 3.05) is 20.3 Å². The van der Waals surface area contributed by atoms with Crippen molar-refractivity contribution < 1.29 is 9.53 Å². The summed E-state index contributed by atoms with van der Waals surface area (Å²) in [4.78, 5) is 13.3. The monoisotopic (exact) mass is 196 g/mol. The number of hydrogen-bond donors (Lipinski definition) is 1. The summed E-state index contributed by atoms with van der Waals surface area (Å²) in [6.45, 7) is 1.32. The Morgan fingerprint density at radius 3 is 3.07 bits per heavy atom. The van der Waals surface area contributed by atoms with E-state index in [1.54, 1.807) is 11.9 Å². The van der Waals surface area contributed by atoms with Gasteiger partial charge in [0.15, 0.2) is 0 Å². The van der Waals surface area contributed by atoms with Gasteiger partial charge in [0.1, 0.15) is 0 Å². The van der Waals surface area contributed by atoms with E-state index in [0.29, 0.717) is 13.2 Å². The predicted molar refractivity (Wildman–Crippen MR) is 53.4 cm³/mol. The molecule has 0 bridgehead atoms. The number of hydrogen-bond acceptors (Lipinski definition) is 3. The molecule has 0 aromatic heterocycles. The molecule has 78 valence electrons. The molecule has 1 aliphatic heterocycles. The Morgan fingerprint density at radius 1 is 1.86 bits per heavy atom. The van der Waals surface area contributed by atoms with Crippen molar-refractivity contribution >= 4 is 5.91 Å². The average molecular weight is 196 g/mol. The minimum Gasteiger partial charge on any atom is -0.379 e. The Morgan fingerprint density at radius 2 is 2.57 bits per heavy atom. The van der Waals surface area contributed by atoms with Crippen LogP contribution in [0, 0.1) is 12.3 Å². The topological polar surface area (TPSA) is 55.6 Å². The molecule has 0 aliphatic carbocycles. The van der Waals surface area contributed by atoms with Gasteiger partial charge in [-0.3, -0.25) is 4.79 Å². The summed E-state index contributed by atoms with van der Waals surface area (Å²) in [7, 11) is 1.75. The third kappa shape index (κ3) is 2.47. The van der Waals surface area contributed by atoms with Crippen LogP contribution >= 0.6 is 0 Å². The van der Waals surface area contributed by atoms with Crippen LogP contribution in [-0.4, -0.2) is 43.2 Å². The fraction of sp³-hybridized carbons (Fsp3) is 0.700. The predicted octanol–water partition coefficient (Wildman–Crippen LogP) is -0.416. The largest absolute Gasteiger partial charge is 0.379 e. The van der Waals surface area contributed by atoms with Crippen LogP contribution in [0.3, 0.4) is 0 Å². The number of rotatable bonds is 3. The molecule has 0 radical (unpaired) electrons. The first-order valence-corrected chi connectivity index (χ1v) is 4.70. The van der Waals surface area contributed by atoms with Crippen molar-refractivity contribution in [1.82, 2.24) is 4.90 Å². The molecule has 0 aromatic rings. The molecule has 1 heterocycles. The quantitative estimate of drug-likeness (QED) is 0.624. The number of ether oxygens (including phenoxy) is 1. The third-order valence-corrected chi connectivity index (χ3v) is 2.46. The van der Waals surface area contributed by atoms with Crippen LogP contribution < -0.4 is 5.73 Å². The Bertz CT molecular complexity index is 241. The van der Waals surface area contributed by atoms with Gasteiger partial charge in [0.2, 0.25) is 5.91 Å². The molecule has 0 aromatic carbocycles. The number of nitrogens with two attached hydrogens (primary N) is 1. The van der Waals surface area contributed by atoms with Crippen molar-refractivity contribution in [3.05, 3.63) is 0 Å². The molecule has 2 unspecified atom stereocenters. The Kier molecular flexibility index (Phi) is 3.93. The van der Waals surface area contributed by atoms with Gasteiger partial charge in [0.25, 0.3) is 0 Å². The second-order valence-electron chi connectivity index (χ2n) is 3.48. The van der Waals surface area contributed by atoms with Crippen molar-refractivity contribution in [2.45, 2.75) is 24.9 Å². The Balaban J connectivity index is 2.47. The van der Waals surface area contributed by atoms with Crippen molar-refractivity contribution in [1.29, 1.82) is 0 Å². The number of terminal acetylenes is 1. The highest BCUT2D eigenvalue weighted by Crippen LogP contribution is 2.11. The van der Waals surface area contributed by atoms with Crippen molar-refractivity contribution in [3.8, 4) is 12.3 Å². The van der Waals surface area contributed by atoms with Gasteiger partial charge < -0.3 is 15.4 Å². The van der Waals surface area contributed by atoms with E-state index in [4.69, 9.17) is 16.9 Å².